The summed E-state index contributed by atoms with van der Waals surface area (Å²) in [5.74, 6) is 0. The molecule has 2 aromatic rings. The second kappa shape index (κ2) is 5.95. The molecule has 0 amide bonds. The molecule has 2 rings (SSSR count). The largest absolute Gasteiger partial charge is 0.423 e. The fraction of sp³-hybridized carbons (Fsp3) is 0.182. The third kappa shape index (κ3) is 3.53. The Bertz CT molecular complexity index is 463. The zero-order valence-corrected chi connectivity index (χ0v) is 8.35. The lowest BCUT2D eigenvalue weighted by Gasteiger charge is -1.91. The average Bonchev–Trinajstić information content (AvgIpc) is 2.29. The van der Waals surface area contributed by atoms with Crippen LogP contribution in [0.1, 0.15) is 0 Å². The number of fused-ring (bicyclic) bond motifs is 1. The summed E-state index contributed by atoms with van der Waals surface area (Å²) in [6.45, 7) is 1.19. The summed E-state index contributed by atoms with van der Waals surface area (Å²) in [6.07, 6.45) is 0. The van der Waals surface area contributed by atoms with Crippen LogP contribution in [-0.2, 0) is 0 Å². The fourth-order valence-corrected chi connectivity index (χ4v) is 1.01. The van der Waals surface area contributed by atoms with Crippen molar-refractivity contribution in [2.75, 3.05) is 13.1 Å². The van der Waals surface area contributed by atoms with E-state index in [4.69, 9.17) is 15.9 Å². The Morgan fingerprint density at radius 1 is 1.00 bits per heavy atom. The summed E-state index contributed by atoms with van der Waals surface area (Å²) in [5.41, 5.74) is 10.1. The first kappa shape index (κ1) is 11.4. The third-order valence-electron chi connectivity index (χ3n) is 1.70. The van der Waals surface area contributed by atoms with Gasteiger partial charge in [0.2, 0.25) is 0 Å². The van der Waals surface area contributed by atoms with Gasteiger partial charge in [0.15, 0.2) is 0 Å². The van der Waals surface area contributed by atoms with Crippen LogP contribution < -0.4 is 17.1 Å². The van der Waals surface area contributed by atoms with E-state index in [0.717, 1.165) is 5.39 Å². The average molecular weight is 206 g/mol. The van der Waals surface area contributed by atoms with Crippen molar-refractivity contribution < 1.29 is 4.42 Å². The Morgan fingerprint density at radius 3 is 2.33 bits per heavy atom. The molecule has 0 aliphatic heterocycles. The van der Waals surface area contributed by atoms with Crippen LogP contribution in [0, 0.1) is 0 Å². The van der Waals surface area contributed by atoms with Crippen molar-refractivity contribution in [1.82, 2.24) is 0 Å². The van der Waals surface area contributed by atoms with Gasteiger partial charge >= 0.3 is 5.63 Å². The lowest BCUT2D eigenvalue weighted by Crippen LogP contribution is -2.11. The predicted molar refractivity (Wildman–Crippen MR) is 60.6 cm³/mol. The van der Waals surface area contributed by atoms with Crippen molar-refractivity contribution in [2.45, 2.75) is 0 Å². The summed E-state index contributed by atoms with van der Waals surface area (Å²) in [6, 6.07) is 10.6. The monoisotopic (exact) mass is 206 g/mol. The second-order valence-electron chi connectivity index (χ2n) is 2.87. The van der Waals surface area contributed by atoms with E-state index in [-0.39, 0.29) is 5.63 Å². The van der Waals surface area contributed by atoms with E-state index >= 15 is 0 Å². The van der Waals surface area contributed by atoms with Crippen LogP contribution in [-0.4, -0.2) is 13.1 Å². The molecule has 80 valence electrons. The Kier molecular flexibility index (Phi) is 4.53. The molecule has 0 fully saturated rings. The van der Waals surface area contributed by atoms with Crippen molar-refractivity contribution in [3.05, 3.63) is 46.8 Å². The molecular formula is C11H14N2O2. The van der Waals surface area contributed by atoms with E-state index in [1.54, 1.807) is 12.1 Å². The molecule has 4 heteroatoms. The molecule has 0 unspecified atom stereocenters. The van der Waals surface area contributed by atoms with Crippen LogP contribution in [0.2, 0.25) is 0 Å². The minimum atomic E-state index is -0.302. The summed E-state index contributed by atoms with van der Waals surface area (Å²) in [5, 5.41) is 0.951. The van der Waals surface area contributed by atoms with Crippen molar-refractivity contribution in [3.8, 4) is 0 Å². The maximum absolute atomic E-state index is 10.7. The van der Waals surface area contributed by atoms with Crippen LogP contribution in [0.15, 0.2) is 45.6 Å². The zero-order valence-electron chi connectivity index (χ0n) is 8.35. The van der Waals surface area contributed by atoms with Crippen LogP contribution >= 0.6 is 0 Å². The molecule has 1 heterocycles. The van der Waals surface area contributed by atoms with Gasteiger partial charge in [-0.2, -0.15) is 0 Å². The van der Waals surface area contributed by atoms with Gasteiger partial charge in [0, 0.05) is 24.5 Å². The molecule has 0 aliphatic carbocycles. The SMILES string of the molecule is NCCN.O=c1ccc2ccccc2o1. The lowest BCUT2D eigenvalue weighted by atomic mass is 10.2. The van der Waals surface area contributed by atoms with E-state index in [1.807, 2.05) is 18.2 Å². The van der Waals surface area contributed by atoms with E-state index in [0.29, 0.717) is 18.7 Å². The van der Waals surface area contributed by atoms with Gasteiger partial charge in [-0.25, -0.2) is 4.79 Å². The topological polar surface area (TPSA) is 82.2 Å². The molecule has 0 saturated carbocycles. The number of hydrogen-bond acceptors (Lipinski definition) is 4. The summed E-state index contributed by atoms with van der Waals surface area (Å²) < 4.78 is 4.91. The quantitative estimate of drug-likeness (QED) is 0.673. The van der Waals surface area contributed by atoms with Gasteiger partial charge in [-0.05, 0) is 12.1 Å². The van der Waals surface area contributed by atoms with Crippen LogP contribution in [0.4, 0.5) is 0 Å². The highest BCUT2D eigenvalue weighted by Gasteiger charge is 1.92. The molecule has 0 atom stereocenters. The predicted octanol–water partition coefficient (Wildman–Crippen LogP) is 0.697. The minimum Gasteiger partial charge on any atom is -0.423 e. The van der Waals surface area contributed by atoms with Crippen molar-refractivity contribution in [2.24, 2.45) is 11.5 Å². The molecule has 1 aromatic carbocycles. The van der Waals surface area contributed by atoms with E-state index in [1.165, 1.54) is 6.07 Å². The normalized spacial score (nSPS) is 9.47. The Labute approximate surface area is 87.5 Å². The maximum atomic E-state index is 10.7. The van der Waals surface area contributed by atoms with E-state index < -0.39 is 0 Å². The van der Waals surface area contributed by atoms with E-state index in [9.17, 15) is 4.79 Å². The number of benzene rings is 1. The van der Waals surface area contributed by atoms with Gasteiger partial charge in [-0.3, -0.25) is 0 Å². The Morgan fingerprint density at radius 2 is 1.67 bits per heavy atom. The zero-order chi connectivity index (χ0) is 11.1. The number of para-hydroxylation sites is 1. The Hall–Kier alpha value is -1.65. The highest BCUT2D eigenvalue weighted by molar-refractivity contribution is 5.75. The van der Waals surface area contributed by atoms with Crippen molar-refractivity contribution >= 4 is 11.0 Å². The molecule has 4 nitrogen and oxygen atoms in total. The first-order valence-electron chi connectivity index (χ1n) is 4.67. The lowest BCUT2D eigenvalue weighted by molar-refractivity contribution is 0.561. The van der Waals surface area contributed by atoms with Gasteiger partial charge in [-0.1, -0.05) is 18.2 Å². The molecule has 0 saturated heterocycles. The highest BCUT2D eigenvalue weighted by atomic mass is 16.4. The standard InChI is InChI=1S/C9H6O2.C2H8N2/c10-9-6-5-7-3-1-2-4-8(7)11-9;3-1-2-4/h1-6H;1-4H2. The number of nitrogens with two attached hydrogens (primary N) is 2. The van der Waals surface area contributed by atoms with Gasteiger partial charge in [-0.15, -0.1) is 0 Å². The van der Waals surface area contributed by atoms with Crippen molar-refractivity contribution in [1.29, 1.82) is 0 Å². The third-order valence-corrected chi connectivity index (χ3v) is 1.70. The first-order valence-corrected chi connectivity index (χ1v) is 4.67. The molecular weight excluding hydrogens is 192 g/mol. The molecule has 0 spiro atoms. The molecule has 0 bridgehead atoms. The van der Waals surface area contributed by atoms with Crippen LogP contribution in [0.5, 0.6) is 0 Å². The van der Waals surface area contributed by atoms with Crippen LogP contribution in [0.25, 0.3) is 11.0 Å². The van der Waals surface area contributed by atoms with Gasteiger partial charge < -0.3 is 15.9 Å². The Balaban J connectivity index is 0.000000245. The smallest absolute Gasteiger partial charge is 0.336 e. The van der Waals surface area contributed by atoms with Gasteiger partial charge in [0.1, 0.15) is 5.58 Å². The first-order chi connectivity index (χ1) is 7.27. The summed E-state index contributed by atoms with van der Waals surface area (Å²) in [7, 11) is 0. The molecule has 0 aliphatic rings. The summed E-state index contributed by atoms with van der Waals surface area (Å²) in [4.78, 5) is 10.7. The highest BCUT2D eigenvalue weighted by Crippen LogP contribution is 2.08. The van der Waals surface area contributed by atoms with Crippen LogP contribution in [0.3, 0.4) is 0 Å². The molecule has 0 radical (unpaired) electrons. The minimum absolute atomic E-state index is 0.302. The van der Waals surface area contributed by atoms with E-state index in [2.05, 4.69) is 0 Å². The molecule has 4 N–H and O–H groups in total. The molecule has 15 heavy (non-hydrogen) atoms. The summed E-state index contributed by atoms with van der Waals surface area (Å²) >= 11 is 0. The number of rotatable bonds is 1. The maximum Gasteiger partial charge on any atom is 0.336 e. The fourth-order valence-electron chi connectivity index (χ4n) is 1.01. The number of hydrogen-bond donors (Lipinski definition) is 2. The second-order valence-corrected chi connectivity index (χ2v) is 2.87. The van der Waals surface area contributed by atoms with Gasteiger partial charge in [0.25, 0.3) is 0 Å². The van der Waals surface area contributed by atoms with Crippen molar-refractivity contribution in [3.63, 3.8) is 0 Å². The molecule has 1 aromatic heterocycles. The van der Waals surface area contributed by atoms with Gasteiger partial charge in [0.05, 0.1) is 0 Å².